The van der Waals surface area contributed by atoms with Crippen LogP contribution in [-0.2, 0) is 11.8 Å². The van der Waals surface area contributed by atoms with Crippen molar-refractivity contribution < 1.29 is 0 Å². The average Bonchev–Trinajstić information content (AvgIpc) is 2.98. The van der Waals surface area contributed by atoms with Gasteiger partial charge in [0, 0.05) is 6.42 Å². The summed E-state index contributed by atoms with van der Waals surface area (Å²) in [5.41, 5.74) is 3.95. The van der Waals surface area contributed by atoms with E-state index >= 15 is 0 Å². The third kappa shape index (κ3) is 4.09. The maximum Gasteiger partial charge on any atom is 0.296 e. The van der Waals surface area contributed by atoms with E-state index in [2.05, 4.69) is 43.0 Å². The van der Waals surface area contributed by atoms with Gasteiger partial charge in [-0.2, -0.15) is 14.6 Å². The van der Waals surface area contributed by atoms with Crippen molar-refractivity contribution in [2.75, 3.05) is 0 Å². The largest absolute Gasteiger partial charge is 0.296 e. The summed E-state index contributed by atoms with van der Waals surface area (Å²) in [7, 11) is 0. The molecule has 0 atom stereocenters. The molecule has 0 unspecified atom stereocenters. The van der Waals surface area contributed by atoms with Crippen LogP contribution in [0.5, 0.6) is 0 Å². The molecular formula is C24H23N3O2S. The number of nitrogens with zero attached hydrogens (tertiary/aromatic N) is 3. The van der Waals surface area contributed by atoms with Gasteiger partial charge in [0.2, 0.25) is 4.96 Å². The highest BCUT2D eigenvalue weighted by atomic mass is 32.1. The lowest BCUT2D eigenvalue weighted by Crippen LogP contribution is -2.28. The lowest BCUT2D eigenvalue weighted by Gasteiger charge is -2.18. The van der Waals surface area contributed by atoms with Gasteiger partial charge in [0.05, 0.1) is 4.53 Å². The van der Waals surface area contributed by atoms with E-state index in [4.69, 9.17) is 0 Å². The summed E-state index contributed by atoms with van der Waals surface area (Å²) >= 11 is 1.18. The first-order valence-corrected chi connectivity index (χ1v) is 10.6. The molecule has 2 aromatic heterocycles. The third-order valence-corrected chi connectivity index (χ3v) is 5.98. The molecule has 0 saturated heterocycles. The highest BCUT2D eigenvalue weighted by Gasteiger charge is 2.14. The molecule has 0 amide bonds. The molecule has 0 aliphatic rings. The Bertz CT molecular complexity index is 1380. The Hall–Kier alpha value is -3.12. The van der Waals surface area contributed by atoms with Crippen LogP contribution in [0.1, 0.15) is 48.7 Å². The van der Waals surface area contributed by atoms with Crippen molar-refractivity contribution in [3.8, 4) is 0 Å². The van der Waals surface area contributed by atoms with Gasteiger partial charge in [0.25, 0.3) is 11.1 Å². The van der Waals surface area contributed by atoms with Crippen molar-refractivity contribution in [1.82, 2.24) is 14.6 Å². The fourth-order valence-corrected chi connectivity index (χ4v) is 4.09. The summed E-state index contributed by atoms with van der Waals surface area (Å²) in [6.45, 7) is 8.50. The summed E-state index contributed by atoms with van der Waals surface area (Å²) in [6, 6.07) is 16.0. The maximum absolute atomic E-state index is 12.9. The van der Waals surface area contributed by atoms with Crippen molar-refractivity contribution in [2.24, 2.45) is 0 Å². The molecule has 0 saturated carbocycles. The molecule has 4 rings (SSSR count). The topological polar surface area (TPSA) is 64.3 Å². The SMILES string of the molecule is Cc1ccc(Cc2nn3c(=O)c(=Cc4ccc(C(C)(C)C)cc4)sc3nc2=O)cc1. The predicted molar refractivity (Wildman–Crippen MR) is 121 cm³/mol. The predicted octanol–water partition coefficient (Wildman–Crippen LogP) is 3.26. The molecule has 0 aliphatic carbocycles. The van der Waals surface area contributed by atoms with Gasteiger partial charge >= 0.3 is 0 Å². The molecule has 0 bridgehead atoms. The normalized spacial score (nSPS) is 12.6. The maximum atomic E-state index is 12.9. The Labute approximate surface area is 178 Å². The summed E-state index contributed by atoms with van der Waals surface area (Å²) in [4.78, 5) is 29.7. The molecule has 6 heteroatoms. The van der Waals surface area contributed by atoms with Crippen LogP contribution in [0.25, 0.3) is 11.0 Å². The molecule has 0 fully saturated rings. The smallest absolute Gasteiger partial charge is 0.266 e. The van der Waals surface area contributed by atoms with Gasteiger partial charge in [-0.1, -0.05) is 86.2 Å². The fourth-order valence-electron chi connectivity index (χ4n) is 3.18. The van der Waals surface area contributed by atoms with E-state index in [0.29, 0.717) is 15.9 Å². The number of thiazole rings is 1. The van der Waals surface area contributed by atoms with Gasteiger partial charge in [-0.15, -0.1) is 0 Å². The van der Waals surface area contributed by atoms with Gasteiger partial charge in [0.15, 0.2) is 0 Å². The molecular weight excluding hydrogens is 394 g/mol. The van der Waals surface area contributed by atoms with Gasteiger partial charge < -0.3 is 0 Å². The third-order valence-electron chi connectivity index (χ3n) is 5.02. The molecule has 0 radical (unpaired) electrons. The number of hydrogen-bond donors (Lipinski definition) is 0. The summed E-state index contributed by atoms with van der Waals surface area (Å²) in [5, 5.41) is 4.32. The molecule has 0 aliphatic heterocycles. The molecule has 0 N–H and O–H groups in total. The minimum absolute atomic E-state index is 0.0713. The van der Waals surface area contributed by atoms with E-state index in [1.165, 1.54) is 21.4 Å². The van der Waals surface area contributed by atoms with Crippen LogP contribution in [0.4, 0.5) is 0 Å². The van der Waals surface area contributed by atoms with E-state index in [0.717, 1.165) is 16.7 Å². The number of benzene rings is 2. The van der Waals surface area contributed by atoms with Crippen LogP contribution in [0.2, 0.25) is 0 Å². The van der Waals surface area contributed by atoms with Crippen LogP contribution in [0, 0.1) is 6.92 Å². The van der Waals surface area contributed by atoms with E-state index in [9.17, 15) is 9.59 Å². The number of aromatic nitrogens is 3. The second-order valence-electron chi connectivity index (χ2n) is 8.51. The zero-order valence-electron chi connectivity index (χ0n) is 17.5. The van der Waals surface area contributed by atoms with Gasteiger partial charge in [-0.3, -0.25) is 9.59 Å². The van der Waals surface area contributed by atoms with Gasteiger partial charge in [-0.05, 0) is 35.1 Å². The molecule has 30 heavy (non-hydrogen) atoms. The highest BCUT2D eigenvalue weighted by Crippen LogP contribution is 2.22. The van der Waals surface area contributed by atoms with Crippen LogP contribution in [0.15, 0.2) is 58.1 Å². The van der Waals surface area contributed by atoms with Crippen LogP contribution >= 0.6 is 11.3 Å². The first kappa shape index (κ1) is 20.2. The standard InChI is InChI=1S/C24H23N3O2S/c1-15-5-7-16(8-6-15)13-19-21(28)25-23-27(26-19)22(29)20(30-23)14-17-9-11-18(12-10-17)24(2,3)4/h5-12,14H,13H2,1-4H3. The molecule has 2 heterocycles. The van der Waals surface area contributed by atoms with E-state index < -0.39 is 5.56 Å². The summed E-state index contributed by atoms with van der Waals surface area (Å²) in [5.74, 6) is 0. The van der Waals surface area contributed by atoms with Crippen molar-refractivity contribution in [3.05, 3.63) is 102 Å². The average molecular weight is 418 g/mol. The Morgan fingerprint density at radius 2 is 1.67 bits per heavy atom. The Morgan fingerprint density at radius 1 is 1.00 bits per heavy atom. The summed E-state index contributed by atoms with van der Waals surface area (Å²) in [6.07, 6.45) is 2.16. The first-order valence-electron chi connectivity index (χ1n) is 9.81. The Balaban J connectivity index is 1.73. The van der Waals surface area contributed by atoms with E-state index in [-0.39, 0.29) is 16.7 Å². The quantitative estimate of drug-likeness (QED) is 0.513. The molecule has 2 aromatic carbocycles. The second kappa shape index (κ2) is 7.61. The van der Waals surface area contributed by atoms with E-state index in [1.807, 2.05) is 49.4 Å². The monoisotopic (exact) mass is 417 g/mol. The van der Waals surface area contributed by atoms with Crippen molar-refractivity contribution in [1.29, 1.82) is 0 Å². The van der Waals surface area contributed by atoms with Crippen molar-refractivity contribution >= 4 is 22.4 Å². The molecule has 4 aromatic rings. The Kier molecular flexibility index (Phi) is 5.12. The van der Waals surface area contributed by atoms with E-state index in [1.54, 1.807) is 0 Å². The highest BCUT2D eigenvalue weighted by molar-refractivity contribution is 7.15. The lowest BCUT2D eigenvalue weighted by molar-refractivity contribution is 0.590. The number of hydrogen-bond acceptors (Lipinski definition) is 5. The van der Waals surface area contributed by atoms with Gasteiger partial charge in [0.1, 0.15) is 5.69 Å². The Morgan fingerprint density at radius 3 is 2.30 bits per heavy atom. The van der Waals surface area contributed by atoms with Crippen LogP contribution in [0.3, 0.4) is 0 Å². The number of aryl methyl sites for hydroxylation is 1. The zero-order valence-corrected chi connectivity index (χ0v) is 18.3. The van der Waals surface area contributed by atoms with Crippen LogP contribution < -0.4 is 15.7 Å². The second-order valence-corrected chi connectivity index (χ2v) is 9.52. The number of rotatable bonds is 3. The molecule has 152 valence electrons. The first-order chi connectivity index (χ1) is 14.2. The molecule has 5 nitrogen and oxygen atoms in total. The van der Waals surface area contributed by atoms with Gasteiger partial charge in [-0.25, -0.2) is 0 Å². The summed E-state index contributed by atoms with van der Waals surface area (Å²) < 4.78 is 1.75. The fraction of sp³-hybridized carbons (Fsp3) is 0.250. The van der Waals surface area contributed by atoms with Crippen molar-refractivity contribution in [2.45, 2.75) is 39.5 Å². The zero-order chi connectivity index (χ0) is 21.5. The van der Waals surface area contributed by atoms with Crippen LogP contribution in [-0.4, -0.2) is 14.6 Å². The lowest BCUT2D eigenvalue weighted by atomic mass is 9.87. The number of fused-ring (bicyclic) bond motifs is 1. The molecule has 0 spiro atoms. The minimum atomic E-state index is -0.391. The minimum Gasteiger partial charge on any atom is -0.266 e. The van der Waals surface area contributed by atoms with Crippen molar-refractivity contribution in [3.63, 3.8) is 0 Å².